The molecule has 184 valence electrons. The molecule has 2 aliphatic rings. The maximum atomic E-state index is 6.09. The highest BCUT2D eigenvalue weighted by Crippen LogP contribution is 2.34. The van der Waals surface area contributed by atoms with E-state index in [9.17, 15) is 0 Å². The molecule has 6 heteroatoms. The van der Waals surface area contributed by atoms with Crippen LogP contribution in [0.1, 0.15) is 52.7 Å². The molecule has 0 N–H and O–H groups in total. The number of ether oxygens (including phenoxy) is 1. The maximum Gasteiger partial charge on any atom is 0.158 e. The van der Waals surface area contributed by atoms with E-state index in [0.717, 1.165) is 23.4 Å². The summed E-state index contributed by atoms with van der Waals surface area (Å²) in [4.78, 5) is 16.1. The molecule has 0 aliphatic carbocycles. The van der Waals surface area contributed by atoms with Gasteiger partial charge in [0.2, 0.25) is 0 Å². The molecule has 0 aromatic heterocycles. The van der Waals surface area contributed by atoms with Gasteiger partial charge in [0.15, 0.2) is 5.82 Å². The van der Waals surface area contributed by atoms with E-state index in [1.54, 1.807) is 12.6 Å². The van der Waals surface area contributed by atoms with Crippen LogP contribution in [0.2, 0.25) is 0 Å². The number of rotatable bonds is 7. The number of hydrogen-bond donors (Lipinski definition) is 0. The van der Waals surface area contributed by atoms with Crippen LogP contribution in [0.3, 0.4) is 0 Å². The Hall–Kier alpha value is -3.51. The SMILES string of the molecule is C=C(CN1C=NC(/N=C\C)=C(C)C1=C)O/N=C(\C)[C@@H]1CO[C@@H](c2ccc3ccccc3c2)C1.CC. The molecule has 1 saturated heterocycles. The van der Waals surface area contributed by atoms with E-state index in [0.29, 0.717) is 24.7 Å². The number of nitrogens with zero attached hydrogens (tertiary/aromatic N) is 4. The van der Waals surface area contributed by atoms with E-state index in [1.807, 2.05) is 39.5 Å². The molecular formula is C29H36N4O2. The summed E-state index contributed by atoms with van der Waals surface area (Å²) in [6, 6.07) is 14.9. The van der Waals surface area contributed by atoms with Gasteiger partial charge in [0, 0.05) is 23.4 Å². The fourth-order valence-electron chi connectivity index (χ4n) is 4.01. The number of hydrogen-bond acceptors (Lipinski definition) is 6. The molecule has 0 bridgehead atoms. The standard InChI is InChI=1S/C27H30N4O2.C2H6/c1-6-28-27-19(3)21(5)31(17-29-27)15-18(2)33-30-20(4)25-14-26(32-16-25)24-12-11-22-9-7-8-10-23(22)13-24;1-2/h6-13,17,25-26H,2,5,14-16H2,1,3-4H3;1-2H3/b28-6-,30-20+;/t25-,26+;/m0./s1. The summed E-state index contributed by atoms with van der Waals surface area (Å²) in [6.07, 6.45) is 4.36. The Morgan fingerprint density at radius 1 is 1.23 bits per heavy atom. The predicted molar refractivity (Wildman–Crippen MR) is 147 cm³/mol. The lowest BCUT2D eigenvalue weighted by atomic mass is 9.96. The molecule has 0 unspecified atom stereocenters. The normalized spacial score (nSPS) is 20.4. The van der Waals surface area contributed by atoms with Crippen LogP contribution in [-0.4, -0.2) is 36.3 Å². The Kier molecular flexibility index (Phi) is 9.15. The fourth-order valence-corrected chi connectivity index (χ4v) is 4.01. The fraction of sp³-hybridized carbons (Fsp3) is 0.345. The maximum absolute atomic E-state index is 6.09. The van der Waals surface area contributed by atoms with Crippen LogP contribution in [0.25, 0.3) is 10.8 Å². The van der Waals surface area contributed by atoms with Crippen LogP contribution in [0.4, 0.5) is 0 Å². The van der Waals surface area contributed by atoms with Gasteiger partial charge in [-0.25, -0.2) is 9.98 Å². The second-order valence-corrected chi connectivity index (χ2v) is 8.38. The minimum absolute atomic E-state index is 0.0654. The van der Waals surface area contributed by atoms with Crippen LogP contribution < -0.4 is 0 Å². The highest BCUT2D eigenvalue weighted by molar-refractivity contribution is 5.85. The summed E-state index contributed by atoms with van der Waals surface area (Å²) in [6.45, 7) is 19.0. The summed E-state index contributed by atoms with van der Waals surface area (Å²) in [5.41, 5.74) is 3.85. The van der Waals surface area contributed by atoms with Crippen molar-refractivity contribution in [2.75, 3.05) is 13.2 Å². The van der Waals surface area contributed by atoms with Crippen LogP contribution in [-0.2, 0) is 9.57 Å². The molecule has 2 aliphatic heterocycles. The van der Waals surface area contributed by atoms with Crippen molar-refractivity contribution < 1.29 is 9.57 Å². The average molecular weight is 473 g/mol. The van der Waals surface area contributed by atoms with Gasteiger partial charge in [-0.3, -0.25) is 0 Å². The van der Waals surface area contributed by atoms with Crippen molar-refractivity contribution >= 4 is 29.0 Å². The number of fused-ring (bicyclic) bond motifs is 1. The zero-order chi connectivity index (χ0) is 25.4. The van der Waals surface area contributed by atoms with E-state index < -0.39 is 0 Å². The first kappa shape index (κ1) is 26.1. The molecule has 35 heavy (non-hydrogen) atoms. The number of benzene rings is 2. The van der Waals surface area contributed by atoms with Crippen LogP contribution >= 0.6 is 0 Å². The lowest BCUT2D eigenvalue weighted by Crippen LogP contribution is -2.27. The second-order valence-electron chi connectivity index (χ2n) is 8.38. The number of oxime groups is 1. The van der Waals surface area contributed by atoms with Crippen molar-refractivity contribution in [2.24, 2.45) is 21.1 Å². The quantitative estimate of drug-likeness (QED) is 0.247. The van der Waals surface area contributed by atoms with Crippen LogP contribution in [0.15, 0.2) is 93.6 Å². The van der Waals surface area contributed by atoms with Gasteiger partial charge >= 0.3 is 0 Å². The zero-order valence-corrected chi connectivity index (χ0v) is 21.5. The van der Waals surface area contributed by atoms with Crippen molar-refractivity contribution in [1.82, 2.24) is 4.90 Å². The van der Waals surface area contributed by atoms with E-state index in [1.165, 1.54) is 16.3 Å². The monoisotopic (exact) mass is 472 g/mol. The van der Waals surface area contributed by atoms with Crippen molar-refractivity contribution in [2.45, 2.75) is 47.1 Å². The van der Waals surface area contributed by atoms with Gasteiger partial charge in [-0.05, 0) is 49.6 Å². The first-order valence-electron chi connectivity index (χ1n) is 12.2. The molecule has 0 spiro atoms. The summed E-state index contributed by atoms with van der Waals surface area (Å²) in [5, 5.41) is 6.81. The molecule has 4 rings (SSSR count). The molecule has 0 amide bonds. The molecule has 2 aromatic rings. The molecular weight excluding hydrogens is 436 g/mol. The second kappa shape index (κ2) is 12.3. The molecule has 2 atom stereocenters. The third-order valence-electron chi connectivity index (χ3n) is 6.08. The minimum Gasteiger partial charge on any atom is -0.373 e. The Labute approximate surface area is 209 Å². The average Bonchev–Trinajstić information content (AvgIpc) is 3.39. The first-order chi connectivity index (χ1) is 17.0. The van der Waals surface area contributed by atoms with Gasteiger partial charge in [-0.1, -0.05) is 68.6 Å². The third-order valence-corrected chi connectivity index (χ3v) is 6.08. The summed E-state index contributed by atoms with van der Waals surface area (Å²) >= 11 is 0. The van der Waals surface area contributed by atoms with Crippen LogP contribution in [0.5, 0.6) is 0 Å². The Bertz CT molecular complexity index is 1190. The third kappa shape index (κ3) is 6.34. The van der Waals surface area contributed by atoms with Gasteiger partial charge in [-0.15, -0.1) is 0 Å². The Morgan fingerprint density at radius 2 is 1.97 bits per heavy atom. The lowest BCUT2D eigenvalue weighted by Gasteiger charge is -2.26. The highest BCUT2D eigenvalue weighted by Gasteiger charge is 2.29. The highest BCUT2D eigenvalue weighted by atomic mass is 16.6. The van der Waals surface area contributed by atoms with Crippen molar-refractivity contribution in [1.29, 1.82) is 0 Å². The van der Waals surface area contributed by atoms with E-state index in [-0.39, 0.29) is 12.0 Å². The summed E-state index contributed by atoms with van der Waals surface area (Å²) in [5.74, 6) is 1.39. The van der Waals surface area contributed by atoms with Gasteiger partial charge in [0.1, 0.15) is 5.76 Å². The van der Waals surface area contributed by atoms with Gasteiger partial charge in [0.25, 0.3) is 0 Å². The molecule has 2 heterocycles. The topological polar surface area (TPSA) is 58.8 Å². The van der Waals surface area contributed by atoms with E-state index >= 15 is 0 Å². The lowest BCUT2D eigenvalue weighted by molar-refractivity contribution is 0.110. The molecule has 0 saturated carbocycles. The zero-order valence-electron chi connectivity index (χ0n) is 21.5. The van der Waals surface area contributed by atoms with Crippen molar-refractivity contribution in [3.63, 3.8) is 0 Å². The Balaban J connectivity index is 0.00000167. The largest absolute Gasteiger partial charge is 0.373 e. The molecule has 0 radical (unpaired) electrons. The minimum atomic E-state index is 0.0654. The van der Waals surface area contributed by atoms with Gasteiger partial charge in [-0.2, -0.15) is 0 Å². The van der Waals surface area contributed by atoms with E-state index in [4.69, 9.17) is 9.57 Å². The number of aliphatic imine (C=N–C) groups is 2. The van der Waals surface area contributed by atoms with Crippen LogP contribution in [0, 0.1) is 5.92 Å². The Morgan fingerprint density at radius 3 is 2.71 bits per heavy atom. The first-order valence-corrected chi connectivity index (χ1v) is 12.2. The van der Waals surface area contributed by atoms with Gasteiger partial charge < -0.3 is 14.5 Å². The summed E-state index contributed by atoms with van der Waals surface area (Å²) < 4.78 is 6.09. The predicted octanol–water partition coefficient (Wildman–Crippen LogP) is 7.03. The van der Waals surface area contributed by atoms with Crippen molar-refractivity contribution in [3.05, 3.63) is 84.0 Å². The van der Waals surface area contributed by atoms with Crippen molar-refractivity contribution in [3.8, 4) is 0 Å². The molecule has 1 fully saturated rings. The summed E-state index contributed by atoms with van der Waals surface area (Å²) in [7, 11) is 0. The number of allylic oxidation sites excluding steroid dienone is 1. The smallest absolute Gasteiger partial charge is 0.158 e. The van der Waals surface area contributed by atoms with Gasteiger partial charge in [0.05, 0.1) is 31.3 Å². The molecule has 6 nitrogen and oxygen atoms in total. The van der Waals surface area contributed by atoms with E-state index in [2.05, 4.69) is 70.8 Å². The molecule has 2 aromatic carbocycles.